The second-order valence-corrected chi connectivity index (χ2v) is 4.98. The Labute approximate surface area is 100 Å². The van der Waals surface area contributed by atoms with Crippen molar-refractivity contribution in [1.82, 2.24) is 9.78 Å². The lowest BCUT2D eigenvalue weighted by Crippen LogP contribution is -2.12. The van der Waals surface area contributed by atoms with Crippen molar-refractivity contribution >= 4 is 32.6 Å². The van der Waals surface area contributed by atoms with E-state index >= 15 is 0 Å². The zero-order valence-corrected chi connectivity index (χ0v) is 10.5. The van der Waals surface area contributed by atoms with Gasteiger partial charge in [-0.3, -0.25) is 9.48 Å². The zero-order chi connectivity index (χ0) is 11.9. The van der Waals surface area contributed by atoms with Crippen LogP contribution in [0.1, 0.15) is 17.3 Å². The molecule has 0 aliphatic rings. The number of fused-ring (bicyclic) bond motifs is 1. The Morgan fingerprint density at radius 1 is 1.56 bits per heavy atom. The largest absolute Gasteiger partial charge is 0.293 e. The molecule has 1 unspecified atom stereocenters. The van der Waals surface area contributed by atoms with Crippen molar-refractivity contribution in [2.24, 2.45) is 7.05 Å². The van der Waals surface area contributed by atoms with Gasteiger partial charge in [0.1, 0.15) is 5.82 Å². The van der Waals surface area contributed by atoms with E-state index in [0.717, 1.165) is 0 Å². The van der Waals surface area contributed by atoms with Crippen LogP contribution in [0.3, 0.4) is 0 Å². The van der Waals surface area contributed by atoms with Crippen LogP contribution in [0.2, 0.25) is 0 Å². The van der Waals surface area contributed by atoms with Gasteiger partial charge in [0.25, 0.3) is 0 Å². The summed E-state index contributed by atoms with van der Waals surface area (Å²) in [5.74, 6) is -0.759. The molecule has 0 N–H and O–H groups in total. The number of hydrogen-bond donors (Lipinski definition) is 0. The third-order valence-electron chi connectivity index (χ3n) is 2.49. The summed E-state index contributed by atoms with van der Waals surface area (Å²) in [6, 6.07) is 3.20. The normalized spacial score (nSPS) is 13.0. The highest BCUT2D eigenvalue weighted by Crippen LogP contribution is 2.22. The van der Waals surface area contributed by atoms with Crippen LogP contribution >= 0.6 is 15.9 Å². The number of hydrogen-bond acceptors (Lipinski definition) is 2. The molecule has 0 bridgehead atoms. The van der Waals surface area contributed by atoms with Gasteiger partial charge < -0.3 is 0 Å². The Hall–Kier alpha value is -1.23. The van der Waals surface area contributed by atoms with Crippen LogP contribution in [0.15, 0.2) is 18.3 Å². The Morgan fingerprint density at radius 3 is 2.88 bits per heavy atom. The highest BCUT2D eigenvalue weighted by atomic mass is 79.9. The average molecular weight is 285 g/mol. The Bertz CT molecular complexity index is 562. The van der Waals surface area contributed by atoms with Crippen LogP contribution in [0.25, 0.3) is 10.9 Å². The van der Waals surface area contributed by atoms with Crippen molar-refractivity contribution in [3.8, 4) is 0 Å². The topological polar surface area (TPSA) is 34.9 Å². The van der Waals surface area contributed by atoms with Gasteiger partial charge in [0, 0.05) is 7.05 Å². The first kappa shape index (κ1) is 11.3. The maximum Gasteiger partial charge on any atom is 0.179 e. The van der Waals surface area contributed by atoms with E-state index in [1.807, 2.05) is 0 Å². The fourth-order valence-corrected chi connectivity index (χ4v) is 1.85. The molecule has 0 amide bonds. The highest BCUT2D eigenvalue weighted by molar-refractivity contribution is 9.10. The minimum atomic E-state index is -0.498. The van der Waals surface area contributed by atoms with Crippen molar-refractivity contribution in [2.45, 2.75) is 11.8 Å². The summed E-state index contributed by atoms with van der Waals surface area (Å²) in [7, 11) is 1.73. The first-order valence-electron chi connectivity index (χ1n) is 4.81. The van der Waals surface area contributed by atoms with Crippen molar-refractivity contribution < 1.29 is 9.18 Å². The number of carbonyl (C=O) groups is 1. The molecular weight excluding hydrogens is 275 g/mol. The van der Waals surface area contributed by atoms with Crippen LogP contribution in [0.4, 0.5) is 4.39 Å². The molecule has 3 nitrogen and oxygen atoms in total. The third kappa shape index (κ3) is 1.65. The van der Waals surface area contributed by atoms with Crippen molar-refractivity contribution in [3.05, 3.63) is 29.7 Å². The van der Waals surface area contributed by atoms with E-state index in [1.54, 1.807) is 24.7 Å². The van der Waals surface area contributed by atoms with Gasteiger partial charge >= 0.3 is 0 Å². The molecule has 1 aromatic heterocycles. The number of alkyl halides is 1. The number of ketones is 1. The lowest BCUT2D eigenvalue weighted by molar-refractivity contribution is 0.0992. The second-order valence-electron chi connectivity index (χ2n) is 3.61. The summed E-state index contributed by atoms with van der Waals surface area (Å²) < 4.78 is 15.6. The van der Waals surface area contributed by atoms with Gasteiger partial charge in [0.15, 0.2) is 5.78 Å². The van der Waals surface area contributed by atoms with Crippen molar-refractivity contribution in [2.75, 3.05) is 0 Å². The predicted octanol–water partition coefficient (Wildman–Crippen LogP) is 2.68. The lowest BCUT2D eigenvalue weighted by atomic mass is 10.1. The molecule has 0 saturated carbocycles. The fraction of sp³-hybridized carbons (Fsp3) is 0.273. The van der Waals surface area contributed by atoms with Gasteiger partial charge in [0.05, 0.1) is 27.5 Å². The lowest BCUT2D eigenvalue weighted by Gasteiger charge is -2.05. The number of benzene rings is 1. The Balaban J connectivity index is 2.66. The maximum absolute atomic E-state index is 14.0. The molecule has 0 radical (unpaired) electrons. The fourth-order valence-electron chi connectivity index (χ4n) is 1.60. The molecule has 1 atom stereocenters. The van der Waals surface area contributed by atoms with Crippen LogP contribution < -0.4 is 0 Å². The second kappa shape index (κ2) is 3.97. The molecule has 16 heavy (non-hydrogen) atoms. The predicted molar refractivity (Wildman–Crippen MR) is 63.4 cm³/mol. The van der Waals surface area contributed by atoms with Gasteiger partial charge in [0.2, 0.25) is 0 Å². The first-order valence-corrected chi connectivity index (χ1v) is 5.72. The summed E-state index contributed by atoms with van der Waals surface area (Å²) in [4.78, 5) is 11.3. The molecule has 1 heterocycles. The number of nitrogens with zero attached hydrogens (tertiary/aromatic N) is 2. The molecule has 0 spiro atoms. The van der Waals surface area contributed by atoms with Crippen LogP contribution in [-0.2, 0) is 7.05 Å². The van der Waals surface area contributed by atoms with Crippen molar-refractivity contribution in [1.29, 1.82) is 0 Å². The number of halogens is 2. The van der Waals surface area contributed by atoms with Crippen molar-refractivity contribution in [3.63, 3.8) is 0 Å². The Kier molecular flexibility index (Phi) is 2.80. The van der Waals surface area contributed by atoms with Gasteiger partial charge in [-0.25, -0.2) is 4.39 Å². The van der Waals surface area contributed by atoms with Gasteiger partial charge in [-0.05, 0) is 19.1 Å². The minimum Gasteiger partial charge on any atom is -0.293 e. The smallest absolute Gasteiger partial charge is 0.179 e. The number of aromatic nitrogens is 2. The number of aryl methyl sites for hydroxylation is 1. The number of rotatable bonds is 2. The van der Waals surface area contributed by atoms with Gasteiger partial charge in [-0.15, -0.1) is 0 Å². The zero-order valence-electron chi connectivity index (χ0n) is 8.87. The van der Waals surface area contributed by atoms with Gasteiger partial charge in [-0.2, -0.15) is 5.10 Å². The summed E-state index contributed by atoms with van der Waals surface area (Å²) >= 11 is 3.14. The van der Waals surface area contributed by atoms with Crippen LogP contribution in [0.5, 0.6) is 0 Å². The van der Waals surface area contributed by atoms with E-state index < -0.39 is 10.6 Å². The van der Waals surface area contributed by atoms with E-state index in [9.17, 15) is 9.18 Å². The molecule has 0 fully saturated rings. The van der Waals surface area contributed by atoms with E-state index in [2.05, 4.69) is 21.0 Å². The standard InChI is InChI=1S/C11H10BrFN2O/c1-6(12)11(16)7-3-4-9-8(10(7)13)5-14-15(9)2/h3-6H,1-2H3. The number of carbonyl (C=O) groups excluding carboxylic acids is 1. The molecule has 2 rings (SSSR count). The third-order valence-corrected chi connectivity index (χ3v) is 2.91. The molecular formula is C11H10BrFN2O. The van der Waals surface area contributed by atoms with Crippen LogP contribution in [-0.4, -0.2) is 20.4 Å². The SMILES string of the molecule is CC(Br)C(=O)c1ccc2c(cnn2C)c1F. The quantitative estimate of drug-likeness (QED) is 0.628. The first-order chi connectivity index (χ1) is 7.52. The minimum absolute atomic E-state index is 0.102. The molecule has 0 aliphatic carbocycles. The average Bonchev–Trinajstić information content (AvgIpc) is 2.61. The summed E-state index contributed by atoms with van der Waals surface area (Å²) in [5.41, 5.74) is 0.779. The van der Waals surface area contributed by atoms with Crippen LogP contribution in [0, 0.1) is 5.82 Å². The van der Waals surface area contributed by atoms with E-state index in [1.165, 1.54) is 12.3 Å². The monoisotopic (exact) mass is 284 g/mol. The number of Topliss-reactive ketones (excluding diaryl/α,β-unsaturated/α-hetero) is 1. The van der Waals surface area contributed by atoms with E-state index in [-0.39, 0.29) is 11.3 Å². The molecule has 5 heteroatoms. The van der Waals surface area contributed by atoms with Gasteiger partial charge in [-0.1, -0.05) is 15.9 Å². The summed E-state index contributed by atoms with van der Waals surface area (Å²) in [6.07, 6.45) is 1.43. The highest BCUT2D eigenvalue weighted by Gasteiger charge is 2.19. The molecule has 2 aromatic rings. The Morgan fingerprint density at radius 2 is 2.25 bits per heavy atom. The molecule has 84 valence electrons. The summed E-state index contributed by atoms with van der Waals surface area (Å²) in [6.45, 7) is 1.68. The van der Waals surface area contributed by atoms with E-state index in [4.69, 9.17) is 0 Å². The molecule has 0 saturated heterocycles. The molecule has 0 aliphatic heterocycles. The maximum atomic E-state index is 14.0. The van der Waals surface area contributed by atoms with E-state index in [0.29, 0.717) is 10.9 Å². The summed E-state index contributed by atoms with van der Waals surface area (Å²) in [5, 5.41) is 4.33. The molecule has 1 aromatic carbocycles.